The van der Waals surface area contributed by atoms with Crippen molar-refractivity contribution >= 4 is 5.97 Å². The Balaban J connectivity index is 4.01. The first kappa shape index (κ1) is 20.4. The van der Waals surface area contributed by atoms with E-state index in [4.69, 9.17) is 0 Å². The quantitative estimate of drug-likeness (QED) is 0.386. The van der Waals surface area contributed by atoms with Gasteiger partial charge in [0.15, 0.2) is 0 Å². The van der Waals surface area contributed by atoms with Gasteiger partial charge in [-0.25, -0.2) is 0 Å². The van der Waals surface area contributed by atoms with E-state index in [2.05, 4.69) is 13.8 Å². The predicted octanol–water partition coefficient (Wildman–Crippen LogP) is 3.37. The van der Waals surface area contributed by atoms with E-state index in [0.29, 0.717) is 4.48 Å². The summed E-state index contributed by atoms with van der Waals surface area (Å²) in [6.07, 6.45) is 12.3. The molecule has 0 aliphatic heterocycles. The molecule has 0 spiro atoms. The number of unbranched alkanes of at least 4 members (excludes halogenated alkanes) is 7. The summed E-state index contributed by atoms with van der Waals surface area (Å²) in [5.74, 6) is -0.663. The number of carboxylic acids is 1. The maximum Gasteiger partial charge on any atom is 0.131 e. The van der Waals surface area contributed by atoms with Crippen LogP contribution in [0.4, 0.5) is 0 Å². The smallest absolute Gasteiger partial charge is 0.131 e. The molecule has 0 radical (unpaired) electrons. The van der Waals surface area contributed by atoms with Gasteiger partial charge in [0.25, 0.3) is 0 Å². The largest absolute Gasteiger partial charge is 0.544 e. The monoisotopic (exact) mass is 299 g/mol. The van der Waals surface area contributed by atoms with Crippen molar-refractivity contribution < 1.29 is 14.4 Å². The standard InChI is InChI=1S/C18H37NO2/c1-6-8-9-10-11-12-13-14-15-16(7-2)17(18(20)21)19(3,4)5/h16-17H,6-15H2,1-5H3. The number of likely N-dealkylation sites (N-methyl/N-ethyl adjacent to an activating group) is 1. The number of carbonyl (C=O) groups is 1. The van der Waals surface area contributed by atoms with Crippen molar-refractivity contribution in [3.63, 3.8) is 0 Å². The van der Waals surface area contributed by atoms with Gasteiger partial charge in [-0.15, -0.1) is 0 Å². The molecule has 2 atom stereocenters. The third kappa shape index (κ3) is 9.13. The second kappa shape index (κ2) is 11.1. The number of nitrogens with zero attached hydrogens (tertiary/aromatic N) is 1. The number of rotatable bonds is 13. The fraction of sp³-hybridized carbons (Fsp3) is 0.944. The minimum absolute atomic E-state index is 0.232. The Kier molecular flexibility index (Phi) is 10.8. The Morgan fingerprint density at radius 3 is 1.76 bits per heavy atom. The van der Waals surface area contributed by atoms with Crippen molar-refractivity contribution in [3.05, 3.63) is 0 Å². The van der Waals surface area contributed by atoms with Crippen LogP contribution in [0.2, 0.25) is 0 Å². The molecule has 21 heavy (non-hydrogen) atoms. The summed E-state index contributed by atoms with van der Waals surface area (Å²) in [5, 5.41) is 11.5. The van der Waals surface area contributed by atoms with E-state index in [1.807, 2.05) is 21.1 Å². The lowest BCUT2D eigenvalue weighted by Gasteiger charge is -2.39. The van der Waals surface area contributed by atoms with E-state index >= 15 is 0 Å². The molecule has 126 valence electrons. The number of aliphatic carboxylic acids is 1. The Bertz CT molecular complexity index is 271. The molecule has 0 saturated carbocycles. The number of hydrogen-bond acceptors (Lipinski definition) is 2. The molecular weight excluding hydrogens is 262 g/mol. The van der Waals surface area contributed by atoms with Crippen LogP contribution in [0.25, 0.3) is 0 Å². The van der Waals surface area contributed by atoms with Crippen LogP contribution >= 0.6 is 0 Å². The Morgan fingerprint density at radius 2 is 1.38 bits per heavy atom. The molecule has 0 rings (SSSR count). The number of hydrogen-bond donors (Lipinski definition) is 0. The van der Waals surface area contributed by atoms with Crippen molar-refractivity contribution in [1.82, 2.24) is 0 Å². The van der Waals surface area contributed by atoms with Crippen molar-refractivity contribution in [3.8, 4) is 0 Å². The molecule has 0 aliphatic carbocycles. The zero-order valence-electron chi connectivity index (χ0n) is 15.0. The fourth-order valence-corrected chi connectivity index (χ4v) is 3.27. The zero-order valence-corrected chi connectivity index (χ0v) is 15.0. The molecule has 0 amide bonds. The fourth-order valence-electron chi connectivity index (χ4n) is 3.27. The van der Waals surface area contributed by atoms with E-state index < -0.39 is 5.97 Å². The summed E-state index contributed by atoms with van der Waals surface area (Å²) in [4.78, 5) is 11.5. The van der Waals surface area contributed by atoms with Crippen LogP contribution in [-0.4, -0.2) is 37.6 Å². The molecule has 0 aromatic rings. The lowest BCUT2D eigenvalue weighted by molar-refractivity contribution is -0.893. The van der Waals surface area contributed by atoms with Gasteiger partial charge in [-0.3, -0.25) is 0 Å². The van der Waals surface area contributed by atoms with Gasteiger partial charge >= 0.3 is 0 Å². The van der Waals surface area contributed by atoms with Crippen LogP contribution in [-0.2, 0) is 4.79 Å². The van der Waals surface area contributed by atoms with E-state index in [9.17, 15) is 9.90 Å². The average Bonchev–Trinajstić information content (AvgIpc) is 2.38. The van der Waals surface area contributed by atoms with Crippen LogP contribution < -0.4 is 5.11 Å². The Hall–Kier alpha value is -0.570. The molecule has 0 heterocycles. The van der Waals surface area contributed by atoms with Crippen molar-refractivity contribution in [2.45, 2.75) is 84.1 Å². The second-order valence-electron chi connectivity index (χ2n) is 7.31. The third-order valence-corrected chi connectivity index (χ3v) is 4.48. The summed E-state index contributed by atoms with van der Waals surface area (Å²) >= 11 is 0. The topological polar surface area (TPSA) is 40.1 Å². The SMILES string of the molecule is CCCCCCCCCCC(CC)C(C(=O)[O-])[N+](C)(C)C. The summed E-state index contributed by atoms with van der Waals surface area (Å²) in [7, 11) is 5.87. The van der Waals surface area contributed by atoms with Crippen molar-refractivity contribution in [2.75, 3.05) is 21.1 Å². The molecule has 3 nitrogen and oxygen atoms in total. The Morgan fingerprint density at radius 1 is 0.905 bits per heavy atom. The molecule has 2 unspecified atom stereocenters. The molecule has 3 heteroatoms. The molecular formula is C18H37NO2. The van der Waals surface area contributed by atoms with Gasteiger partial charge in [-0.2, -0.15) is 0 Å². The van der Waals surface area contributed by atoms with E-state index in [1.54, 1.807) is 0 Å². The third-order valence-electron chi connectivity index (χ3n) is 4.48. The maximum absolute atomic E-state index is 11.5. The molecule has 0 fully saturated rings. The second-order valence-corrected chi connectivity index (χ2v) is 7.31. The highest BCUT2D eigenvalue weighted by atomic mass is 16.4. The van der Waals surface area contributed by atoms with Gasteiger partial charge in [-0.1, -0.05) is 65.2 Å². The van der Waals surface area contributed by atoms with Gasteiger partial charge in [0.2, 0.25) is 0 Å². The van der Waals surface area contributed by atoms with Crippen LogP contribution in [0.1, 0.15) is 78.1 Å². The van der Waals surface area contributed by atoms with Crippen molar-refractivity contribution in [1.29, 1.82) is 0 Å². The van der Waals surface area contributed by atoms with E-state index in [-0.39, 0.29) is 12.0 Å². The van der Waals surface area contributed by atoms with Gasteiger partial charge < -0.3 is 14.4 Å². The average molecular weight is 299 g/mol. The lowest BCUT2D eigenvalue weighted by atomic mass is 9.89. The van der Waals surface area contributed by atoms with Gasteiger partial charge in [0, 0.05) is 5.92 Å². The molecule has 0 N–H and O–H groups in total. The minimum Gasteiger partial charge on any atom is -0.544 e. The lowest BCUT2D eigenvalue weighted by Crippen LogP contribution is -2.58. The van der Waals surface area contributed by atoms with E-state index in [0.717, 1.165) is 19.3 Å². The maximum atomic E-state index is 11.5. The van der Waals surface area contributed by atoms with Crippen molar-refractivity contribution in [2.24, 2.45) is 5.92 Å². The summed E-state index contributed by atoms with van der Waals surface area (Å²) in [6, 6.07) is -0.389. The summed E-state index contributed by atoms with van der Waals surface area (Å²) in [5.41, 5.74) is 0. The molecule has 0 saturated heterocycles. The summed E-state index contributed by atoms with van der Waals surface area (Å²) in [6.45, 7) is 4.34. The molecule has 0 aromatic heterocycles. The zero-order chi connectivity index (χ0) is 16.3. The summed E-state index contributed by atoms with van der Waals surface area (Å²) < 4.78 is 0.456. The number of carboxylic acid groups (broad SMARTS) is 1. The normalized spacial score (nSPS) is 14.9. The minimum atomic E-state index is -0.895. The Labute approximate surface area is 132 Å². The van der Waals surface area contributed by atoms with Gasteiger partial charge in [0.1, 0.15) is 6.04 Å². The molecule has 0 aromatic carbocycles. The number of carbonyl (C=O) groups excluding carboxylic acids is 1. The number of quaternary nitrogens is 1. The van der Waals surface area contributed by atoms with Crippen LogP contribution in [0.3, 0.4) is 0 Å². The van der Waals surface area contributed by atoms with E-state index in [1.165, 1.54) is 44.9 Å². The van der Waals surface area contributed by atoms with Crippen LogP contribution in [0.5, 0.6) is 0 Å². The highest BCUT2D eigenvalue weighted by Gasteiger charge is 2.32. The molecule has 0 aliphatic rings. The first-order valence-electron chi connectivity index (χ1n) is 8.86. The molecule has 0 bridgehead atoms. The first-order valence-corrected chi connectivity index (χ1v) is 8.86. The first-order chi connectivity index (χ1) is 9.84. The highest BCUT2D eigenvalue weighted by molar-refractivity contribution is 5.70. The van der Waals surface area contributed by atoms with Crippen LogP contribution in [0, 0.1) is 5.92 Å². The van der Waals surface area contributed by atoms with Gasteiger partial charge in [0.05, 0.1) is 27.1 Å². The van der Waals surface area contributed by atoms with Gasteiger partial charge in [-0.05, 0) is 12.8 Å². The predicted molar refractivity (Wildman–Crippen MR) is 87.8 cm³/mol. The van der Waals surface area contributed by atoms with Crippen LogP contribution in [0.15, 0.2) is 0 Å². The highest BCUT2D eigenvalue weighted by Crippen LogP contribution is 2.24.